The second kappa shape index (κ2) is 4.78. The predicted molar refractivity (Wildman–Crippen MR) is 79.8 cm³/mol. The number of nitrogens with zero attached hydrogens (tertiary/aromatic N) is 3. The predicted octanol–water partition coefficient (Wildman–Crippen LogP) is 1.22. The van der Waals surface area contributed by atoms with E-state index in [1.54, 1.807) is 6.20 Å². The average molecular weight is 306 g/mol. The summed E-state index contributed by atoms with van der Waals surface area (Å²) in [4.78, 5) is 9.07. The molecule has 2 aliphatic heterocycles. The van der Waals surface area contributed by atoms with Crippen molar-refractivity contribution in [1.29, 1.82) is 0 Å². The Morgan fingerprint density at radius 1 is 1.33 bits per heavy atom. The summed E-state index contributed by atoms with van der Waals surface area (Å²) in [6.07, 6.45) is 4.13. The van der Waals surface area contributed by atoms with Crippen LogP contribution in [0.2, 0.25) is 0 Å². The van der Waals surface area contributed by atoms with E-state index >= 15 is 0 Å². The van der Waals surface area contributed by atoms with Crippen LogP contribution in [0.25, 0.3) is 11.2 Å². The SMILES string of the molecule is O=S1(=O)CCCC1c1nc2cccnc2n1C1CCNC1. The topological polar surface area (TPSA) is 76.9 Å². The number of fused-ring (bicyclic) bond motifs is 1. The number of nitrogens with one attached hydrogen (secondary N) is 1. The van der Waals surface area contributed by atoms with Gasteiger partial charge >= 0.3 is 0 Å². The number of pyridine rings is 1. The molecule has 6 nitrogen and oxygen atoms in total. The Labute approximate surface area is 123 Å². The van der Waals surface area contributed by atoms with Gasteiger partial charge in [0.25, 0.3) is 0 Å². The summed E-state index contributed by atoms with van der Waals surface area (Å²) in [7, 11) is -3.07. The molecule has 4 rings (SSSR count). The fourth-order valence-corrected chi connectivity index (χ4v) is 5.34. The monoisotopic (exact) mass is 306 g/mol. The largest absolute Gasteiger partial charge is 0.315 e. The summed E-state index contributed by atoms with van der Waals surface area (Å²) < 4.78 is 26.7. The molecule has 2 unspecified atom stereocenters. The Hall–Kier alpha value is -1.47. The zero-order valence-corrected chi connectivity index (χ0v) is 12.5. The van der Waals surface area contributed by atoms with Crippen LogP contribution in [-0.2, 0) is 9.84 Å². The first kappa shape index (κ1) is 13.2. The molecule has 2 atom stereocenters. The van der Waals surface area contributed by atoms with Gasteiger partial charge in [-0.15, -0.1) is 0 Å². The van der Waals surface area contributed by atoms with Crippen molar-refractivity contribution in [2.24, 2.45) is 0 Å². The number of hydrogen-bond acceptors (Lipinski definition) is 5. The summed E-state index contributed by atoms with van der Waals surface area (Å²) in [6.45, 7) is 1.80. The van der Waals surface area contributed by atoms with Crippen molar-refractivity contribution in [3.05, 3.63) is 24.2 Å². The van der Waals surface area contributed by atoms with E-state index in [1.165, 1.54) is 0 Å². The molecule has 1 N–H and O–H groups in total. The molecule has 2 aromatic rings. The van der Waals surface area contributed by atoms with Gasteiger partial charge in [0, 0.05) is 12.7 Å². The Morgan fingerprint density at radius 3 is 2.95 bits per heavy atom. The third kappa shape index (κ3) is 2.06. The van der Waals surface area contributed by atoms with Crippen molar-refractivity contribution in [3.63, 3.8) is 0 Å². The van der Waals surface area contributed by atoms with Crippen LogP contribution in [0.1, 0.15) is 36.4 Å². The van der Waals surface area contributed by atoms with Crippen molar-refractivity contribution in [1.82, 2.24) is 19.9 Å². The van der Waals surface area contributed by atoms with Crippen LogP contribution in [0.4, 0.5) is 0 Å². The van der Waals surface area contributed by atoms with Gasteiger partial charge in [-0.05, 0) is 37.9 Å². The van der Waals surface area contributed by atoms with Gasteiger partial charge in [-0.25, -0.2) is 18.4 Å². The molecule has 0 spiro atoms. The zero-order chi connectivity index (χ0) is 14.4. The van der Waals surface area contributed by atoms with Crippen LogP contribution < -0.4 is 5.32 Å². The molecule has 0 radical (unpaired) electrons. The van der Waals surface area contributed by atoms with Gasteiger partial charge in [0.15, 0.2) is 15.5 Å². The van der Waals surface area contributed by atoms with Crippen molar-refractivity contribution in [2.75, 3.05) is 18.8 Å². The molecule has 2 aliphatic rings. The molecule has 0 aliphatic carbocycles. The smallest absolute Gasteiger partial charge is 0.160 e. The number of imidazole rings is 1. The molecule has 4 heterocycles. The summed E-state index contributed by atoms with van der Waals surface area (Å²) >= 11 is 0. The van der Waals surface area contributed by atoms with Gasteiger partial charge in [-0.1, -0.05) is 0 Å². The minimum Gasteiger partial charge on any atom is -0.315 e. The van der Waals surface area contributed by atoms with E-state index in [4.69, 9.17) is 0 Å². The Balaban J connectivity index is 1.93. The number of rotatable bonds is 2. The fourth-order valence-electron chi connectivity index (χ4n) is 3.48. The van der Waals surface area contributed by atoms with E-state index in [1.807, 2.05) is 12.1 Å². The highest BCUT2D eigenvalue weighted by atomic mass is 32.2. The number of sulfone groups is 1. The van der Waals surface area contributed by atoms with Crippen LogP contribution in [0.3, 0.4) is 0 Å². The summed E-state index contributed by atoms with van der Waals surface area (Å²) in [5.41, 5.74) is 1.60. The highest BCUT2D eigenvalue weighted by molar-refractivity contribution is 7.91. The maximum absolute atomic E-state index is 12.3. The minimum absolute atomic E-state index is 0.246. The van der Waals surface area contributed by atoms with Crippen molar-refractivity contribution >= 4 is 21.0 Å². The molecule has 0 amide bonds. The molecular weight excluding hydrogens is 288 g/mol. The normalized spacial score (nSPS) is 28.4. The van der Waals surface area contributed by atoms with Crippen LogP contribution in [0.5, 0.6) is 0 Å². The Morgan fingerprint density at radius 2 is 2.24 bits per heavy atom. The first-order chi connectivity index (χ1) is 10.2. The van der Waals surface area contributed by atoms with Gasteiger partial charge in [0.2, 0.25) is 0 Å². The van der Waals surface area contributed by atoms with E-state index in [-0.39, 0.29) is 11.8 Å². The number of hydrogen-bond donors (Lipinski definition) is 1. The molecule has 21 heavy (non-hydrogen) atoms. The van der Waals surface area contributed by atoms with Crippen molar-refractivity contribution in [2.45, 2.75) is 30.6 Å². The van der Waals surface area contributed by atoms with Gasteiger partial charge in [-0.3, -0.25) is 0 Å². The molecule has 112 valence electrons. The summed E-state index contributed by atoms with van der Waals surface area (Å²) in [5, 5.41) is 2.87. The standard InChI is InChI=1S/C14H18N4O2S/c19-21(20)8-2-4-12(21)14-17-11-3-1-6-16-13(11)18(14)10-5-7-15-9-10/h1,3,6,10,12,15H,2,4-5,7-9H2. The second-order valence-corrected chi connectivity index (χ2v) is 8.13. The Kier molecular flexibility index (Phi) is 3.00. The highest BCUT2D eigenvalue weighted by Crippen LogP contribution is 2.37. The molecule has 7 heteroatoms. The lowest BCUT2D eigenvalue weighted by Crippen LogP contribution is -2.20. The first-order valence-electron chi connectivity index (χ1n) is 7.42. The second-order valence-electron chi connectivity index (χ2n) is 5.83. The van der Waals surface area contributed by atoms with E-state index < -0.39 is 15.1 Å². The van der Waals surface area contributed by atoms with Crippen LogP contribution in [-0.4, -0.2) is 41.8 Å². The van der Waals surface area contributed by atoms with Gasteiger partial charge in [0.1, 0.15) is 16.6 Å². The zero-order valence-electron chi connectivity index (χ0n) is 11.7. The van der Waals surface area contributed by atoms with Crippen molar-refractivity contribution in [3.8, 4) is 0 Å². The van der Waals surface area contributed by atoms with Crippen molar-refractivity contribution < 1.29 is 8.42 Å². The Bertz CT molecular complexity index is 777. The molecule has 0 saturated carbocycles. The average Bonchev–Trinajstić information content (AvgIpc) is 3.14. The van der Waals surface area contributed by atoms with Crippen LogP contribution >= 0.6 is 0 Å². The maximum Gasteiger partial charge on any atom is 0.160 e. The lowest BCUT2D eigenvalue weighted by molar-refractivity contribution is 0.520. The molecule has 0 bridgehead atoms. The molecule has 2 aromatic heterocycles. The van der Waals surface area contributed by atoms with E-state index in [9.17, 15) is 8.42 Å². The third-order valence-electron chi connectivity index (χ3n) is 4.49. The quantitative estimate of drug-likeness (QED) is 0.902. The minimum atomic E-state index is -3.07. The molecule has 0 aromatic carbocycles. The summed E-state index contributed by atoms with van der Waals surface area (Å²) in [5.74, 6) is 0.965. The lowest BCUT2D eigenvalue weighted by Gasteiger charge is -2.18. The van der Waals surface area contributed by atoms with Gasteiger partial charge in [0.05, 0.1) is 11.8 Å². The first-order valence-corrected chi connectivity index (χ1v) is 9.13. The van der Waals surface area contributed by atoms with E-state index in [2.05, 4.69) is 19.9 Å². The van der Waals surface area contributed by atoms with Crippen LogP contribution in [0.15, 0.2) is 18.3 Å². The number of aromatic nitrogens is 3. The third-order valence-corrected chi connectivity index (χ3v) is 6.66. The van der Waals surface area contributed by atoms with E-state index in [0.29, 0.717) is 12.2 Å². The maximum atomic E-state index is 12.3. The van der Waals surface area contributed by atoms with Crippen LogP contribution in [0, 0.1) is 0 Å². The molecule has 2 saturated heterocycles. The van der Waals surface area contributed by atoms with E-state index in [0.717, 1.165) is 37.1 Å². The lowest BCUT2D eigenvalue weighted by atomic mass is 10.2. The summed E-state index contributed by atoms with van der Waals surface area (Å²) in [6, 6.07) is 4.00. The molecule has 2 fully saturated rings. The van der Waals surface area contributed by atoms with Gasteiger partial charge in [-0.2, -0.15) is 0 Å². The fraction of sp³-hybridized carbons (Fsp3) is 0.571. The highest BCUT2D eigenvalue weighted by Gasteiger charge is 2.38. The van der Waals surface area contributed by atoms with Gasteiger partial charge < -0.3 is 9.88 Å². The molecular formula is C14H18N4O2S.